The predicted molar refractivity (Wildman–Crippen MR) is 91.9 cm³/mol. The fourth-order valence-corrected chi connectivity index (χ4v) is 2.82. The van der Waals surface area contributed by atoms with Gasteiger partial charge in [-0.05, 0) is 50.8 Å². The largest absolute Gasteiger partial charge is 0.490 e. The molecule has 0 aliphatic heterocycles. The maximum Gasteiger partial charge on any atom is 0.387 e. The molecule has 26 heavy (non-hydrogen) atoms. The number of carbonyl (C=O) groups excluding carboxylic acids is 1. The standard InChI is InChI=1S/C18H21F2N3O3/c1-3-25-15-10-13(6-7-14(15)26-18(19)20)17(24)22-16-8-9-21-23(16)11(2)12-4-5-12/h6-12,18H,3-5H2,1-2H3,(H,22,24)/t11-/m1/s1. The van der Waals surface area contributed by atoms with E-state index in [-0.39, 0.29) is 35.6 Å². The van der Waals surface area contributed by atoms with Crippen LogP contribution in [0.25, 0.3) is 0 Å². The number of nitrogens with zero attached hydrogens (tertiary/aromatic N) is 2. The van der Waals surface area contributed by atoms with Crippen LogP contribution in [0.3, 0.4) is 0 Å². The van der Waals surface area contributed by atoms with Crippen LogP contribution in [0.2, 0.25) is 0 Å². The van der Waals surface area contributed by atoms with Gasteiger partial charge in [0, 0.05) is 11.6 Å². The molecular formula is C18H21F2N3O3. The summed E-state index contributed by atoms with van der Waals surface area (Å²) >= 11 is 0. The fraction of sp³-hybridized carbons (Fsp3) is 0.444. The van der Waals surface area contributed by atoms with E-state index in [2.05, 4.69) is 22.1 Å². The molecule has 3 rings (SSSR count). The minimum atomic E-state index is -2.97. The Morgan fingerprint density at radius 1 is 1.35 bits per heavy atom. The second kappa shape index (κ2) is 7.72. The van der Waals surface area contributed by atoms with E-state index in [1.807, 2.05) is 0 Å². The van der Waals surface area contributed by atoms with E-state index in [1.165, 1.54) is 18.2 Å². The van der Waals surface area contributed by atoms with Crippen LogP contribution in [0, 0.1) is 5.92 Å². The van der Waals surface area contributed by atoms with E-state index < -0.39 is 6.61 Å². The van der Waals surface area contributed by atoms with Gasteiger partial charge in [0.2, 0.25) is 0 Å². The van der Waals surface area contributed by atoms with Crippen molar-refractivity contribution < 1.29 is 23.0 Å². The highest BCUT2D eigenvalue weighted by Crippen LogP contribution is 2.40. The monoisotopic (exact) mass is 365 g/mol. The maximum atomic E-state index is 12.6. The van der Waals surface area contributed by atoms with Crippen molar-refractivity contribution >= 4 is 11.7 Å². The molecule has 1 amide bonds. The summed E-state index contributed by atoms with van der Waals surface area (Å²) in [6.07, 6.45) is 3.97. The summed E-state index contributed by atoms with van der Waals surface area (Å²) in [5.74, 6) is 0.798. The second-order valence-corrected chi connectivity index (χ2v) is 6.17. The lowest BCUT2D eigenvalue weighted by molar-refractivity contribution is -0.0514. The Hall–Kier alpha value is -2.64. The molecule has 1 aliphatic carbocycles. The van der Waals surface area contributed by atoms with Crippen LogP contribution in [0.15, 0.2) is 30.5 Å². The average Bonchev–Trinajstić information content (AvgIpc) is 3.35. The molecule has 0 unspecified atom stereocenters. The summed E-state index contributed by atoms with van der Waals surface area (Å²) in [7, 11) is 0. The Morgan fingerprint density at radius 3 is 2.77 bits per heavy atom. The summed E-state index contributed by atoms with van der Waals surface area (Å²) in [6.45, 7) is 1.09. The van der Waals surface area contributed by atoms with E-state index in [0.29, 0.717) is 11.7 Å². The Balaban J connectivity index is 1.77. The molecule has 0 spiro atoms. The molecular weight excluding hydrogens is 344 g/mol. The highest BCUT2D eigenvalue weighted by atomic mass is 19.3. The van der Waals surface area contributed by atoms with Gasteiger partial charge in [-0.25, -0.2) is 4.68 Å². The fourth-order valence-electron chi connectivity index (χ4n) is 2.82. The number of ether oxygens (including phenoxy) is 2. The Bertz CT molecular complexity index is 775. The number of rotatable bonds is 8. The summed E-state index contributed by atoms with van der Waals surface area (Å²) in [6, 6.07) is 6.05. The molecule has 0 radical (unpaired) electrons. The Morgan fingerprint density at radius 2 is 2.12 bits per heavy atom. The first-order chi connectivity index (χ1) is 12.5. The van der Waals surface area contributed by atoms with Crippen molar-refractivity contribution in [3.8, 4) is 11.5 Å². The van der Waals surface area contributed by atoms with Crippen molar-refractivity contribution in [3.05, 3.63) is 36.0 Å². The molecule has 6 nitrogen and oxygen atoms in total. The van der Waals surface area contributed by atoms with E-state index >= 15 is 0 Å². The molecule has 1 aliphatic rings. The lowest BCUT2D eigenvalue weighted by atomic mass is 10.2. The second-order valence-electron chi connectivity index (χ2n) is 6.17. The number of hydrogen-bond acceptors (Lipinski definition) is 4. The molecule has 1 fully saturated rings. The van der Waals surface area contributed by atoms with Gasteiger partial charge in [0.05, 0.1) is 18.8 Å². The zero-order valence-electron chi connectivity index (χ0n) is 14.6. The molecule has 0 saturated heterocycles. The molecule has 1 N–H and O–H groups in total. The van der Waals surface area contributed by atoms with Gasteiger partial charge < -0.3 is 14.8 Å². The maximum absolute atomic E-state index is 12.6. The van der Waals surface area contributed by atoms with Gasteiger partial charge in [-0.3, -0.25) is 4.79 Å². The van der Waals surface area contributed by atoms with Crippen molar-refractivity contribution in [1.82, 2.24) is 9.78 Å². The first-order valence-corrected chi connectivity index (χ1v) is 8.56. The molecule has 2 aromatic rings. The summed E-state index contributed by atoms with van der Waals surface area (Å²) < 4.78 is 36.5. The topological polar surface area (TPSA) is 65.4 Å². The summed E-state index contributed by atoms with van der Waals surface area (Å²) in [5, 5.41) is 7.11. The van der Waals surface area contributed by atoms with Crippen molar-refractivity contribution in [2.45, 2.75) is 39.3 Å². The predicted octanol–water partition coefficient (Wildman–Crippen LogP) is 4.11. The third kappa shape index (κ3) is 4.12. The number of amides is 1. The van der Waals surface area contributed by atoms with Crippen LogP contribution in [0.4, 0.5) is 14.6 Å². The van der Waals surface area contributed by atoms with Crippen LogP contribution in [-0.4, -0.2) is 28.9 Å². The number of hydrogen-bond donors (Lipinski definition) is 1. The van der Waals surface area contributed by atoms with Crippen LogP contribution in [-0.2, 0) is 0 Å². The van der Waals surface area contributed by atoms with Crippen molar-refractivity contribution in [1.29, 1.82) is 0 Å². The van der Waals surface area contributed by atoms with Gasteiger partial charge in [0.15, 0.2) is 11.5 Å². The highest BCUT2D eigenvalue weighted by molar-refractivity contribution is 6.04. The van der Waals surface area contributed by atoms with Gasteiger partial charge in [-0.15, -0.1) is 0 Å². The van der Waals surface area contributed by atoms with E-state index in [0.717, 1.165) is 12.8 Å². The van der Waals surface area contributed by atoms with Crippen LogP contribution in [0.1, 0.15) is 43.1 Å². The third-order valence-corrected chi connectivity index (χ3v) is 4.32. The lowest BCUT2D eigenvalue weighted by Crippen LogP contribution is -2.18. The first kappa shape index (κ1) is 18.2. The van der Waals surface area contributed by atoms with Gasteiger partial charge in [-0.1, -0.05) is 0 Å². The van der Waals surface area contributed by atoms with Crippen LogP contribution >= 0.6 is 0 Å². The smallest absolute Gasteiger partial charge is 0.387 e. The number of anilines is 1. The molecule has 1 atom stereocenters. The number of carbonyl (C=O) groups is 1. The minimum absolute atomic E-state index is 0.0975. The van der Waals surface area contributed by atoms with Crippen molar-refractivity contribution in [3.63, 3.8) is 0 Å². The third-order valence-electron chi connectivity index (χ3n) is 4.32. The van der Waals surface area contributed by atoms with Gasteiger partial charge in [-0.2, -0.15) is 13.9 Å². The van der Waals surface area contributed by atoms with Gasteiger partial charge in [0.25, 0.3) is 5.91 Å². The average molecular weight is 365 g/mol. The zero-order valence-corrected chi connectivity index (χ0v) is 14.6. The minimum Gasteiger partial charge on any atom is -0.490 e. The van der Waals surface area contributed by atoms with E-state index in [4.69, 9.17) is 4.74 Å². The molecule has 1 aromatic carbocycles. The molecule has 1 aromatic heterocycles. The number of benzene rings is 1. The molecule has 0 bridgehead atoms. The molecule has 140 valence electrons. The molecule has 1 saturated carbocycles. The van der Waals surface area contributed by atoms with Crippen molar-refractivity contribution in [2.24, 2.45) is 5.92 Å². The SMILES string of the molecule is CCOc1cc(C(=O)Nc2ccnn2[C@H](C)C2CC2)ccc1OC(F)F. The highest BCUT2D eigenvalue weighted by Gasteiger charge is 2.30. The summed E-state index contributed by atoms with van der Waals surface area (Å²) in [4.78, 5) is 12.6. The number of halogens is 2. The molecule has 1 heterocycles. The number of nitrogens with one attached hydrogen (secondary N) is 1. The number of alkyl halides is 2. The Labute approximate surface area is 150 Å². The van der Waals surface area contributed by atoms with Gasteiger partial charge >= 0.3 is 6.61 Å². The zero-order chi connectivity index (χ0) is 18.7. The number of aromatic nitrogens is 2. The van der Waals surface area contributed by atoms with Crippen LogP contribution < -0.4 is 14.8 Å². The van der Waals surface area contributed by atoms with E-state index in [1.54, 1.807) is 23.9 Å². The van der Waals surface area contributed by atoms with Crippen LogP contribution in [0.5, 0.6) is 11.5 Å². The summed E-state index contributed by atoms with van der Waals surface area (Å²) in [5.41, 5.74) is 0.280. The first-order valence-electron chi connectivity index (χ1n) is 8.56. The van der Waals surface area contributed by atoms with Crippen molar-refractivity contribution in [2.75, 3.05) is 11.9 Å². The van der Waals surface area contributed by atoms with Gasteiger partial charge in [0.1, 0.15) is 5.82 Å². The Kier molecular flexibility index (Phi) is 5.39. The lowest BCUT2D eigenvalue weighted by Gasteiger charge is -2.16. The molecule has 8 heteroatoms. The van der Waals surface area contributed by atoms with E-state index in [9.17, 15) is 13.6 Å². The normalized spacial score (nSPS) is 15.0. The quantitative estimate of drug-likeness (QED) is 0.765.